The third-order valence-corrected chi connectivity index (χ3v) is 3.05. The second-order valence-corrected chi connectivity index (χ2v) is 4.24. The fourth-order valence-electron chi connectivity index (χ4n) is 1.23. The molecule has 0 aliphatic rings. The van der Waals surface area contributed by atoms with E-state index in [2.05, 4.69) is 20.7 Å². The van der Waals surface area contributed by atoms with Crippen molar-refractivity contribution in [3.05, 3.63) is 39.6 Å². The number of hydrogen-bond donors (Lipinski definition) is 2. The van der Waals surface area contributed by atoms with Crippen LogP contribution in [0, 0.1) is 6.92 Å². The normalized spacial score (nSPS) is 9.95. The van der Waals surface area contributed by atoms with Gasteiger partial charge in [0.2, 0.25) is 0 Å². The first kappa shape index (κ1) is 18.8. The molecule has 3 N–H and O–H groups in total. The minimum absolute atomic E-state index is 0. The molecule has 20 heavy (non-hydrogen) atoms. The molecule has 0 aliphatic heterocycles. The Morgan fingerprint density at radius 3 is 2.60 bits per heavy atom. The number of nitrogen functional groups attached to an aromatic ring is 1. The van der Waals surface area contributed by atoms with Crippen molar-refractivity contribution in [2.75, 3.05) is 11.3 Å². The summed E-state index contributed by atoms with van der Waals surface area (Å²) in [5.41, 5.74) is 3.35. The third kappa shape index (κ3) is 4.14. The van der Waals surface area contributed by atoms with Crippen LogP contribution in [0.3, 0.4) is 0 Å². The van der Waals surface area contributed by atoms with Crippen molar-refractivity contribution >= 4 is 60.2 Å². The van der Waals surface area contributed by atoms with Gasteiger partial charge in [0.05, 0.1) is 16.3 Å². The minimum Gasteiger partial charge on any atom is -0.335 e. The van der Waals surface area contributed by atoms with Gasteiger partial charge >= 0.3 is 0 Å². The van der Waals surface area contributed by atoms with E-state index in [1.54, 1.807) is 25.1 Å². The topological polar surface area (TPSA) is 81.1 Å². The summed E-state index contributed by atoms with van der Waals surface area (Å²) in [5, 5.41) is 12.4. The Morgan fingerprint density at radius 2 is 2.00 bits per heavy atom. The summed E-state index contributed by atoms with van der Waals surface area (Å²) in [5.74, 6) is 6.56. The standard InChI is InChI=1S/C10H10Cl2N6.2ClH/c1-6-15-17-10(18(6)13)16-14-5-7-3-2-4-8(11)9(7)12;;/h2-5H,13H2,1H3,(H,16,17);2*1H. The highest BCUT2D eigenvalue weighted by atomic mass is 35.5. The maximum Gasteiger partial charge on any atom is 0.263 e. The number of halogens is 4. The molecule has 6 nitrogen and oxygen atoms in total. The van der Waals surface area contributed by atoms with E-state index in [1.807, 2.05) is 0 Å². The number of aromatic nitrogens is 3. The Bertz CT molecular complexity index is 597. The highest BCUT2D eigenvalue weighted by Gasteiger charge is 2.04. The molecule has 0 amide bonds. The number of nitrogens with zero attached hydrogens (tertiary/aromatic N) is 4. The summed E-state index contributed by atoms with van der Waals surface area (Å²) in [6.45, 7) is 1.73. The van der Waals surface area contributed by atoms with Gasteiger partial charge in [0, 0.05) is 5.56 Å². The summed E-state index contributed by atoms with van der Waals surface area (Å²) < 4.78 is 1.29. The van der Waals surface area contributed by atoms with Gasteiger partial charge < -0.3 is 5.84 Å². The second-order valence-electron chi connectivity index (χ2n) is 3.45. The molecule has 1 aromatic carbocycles. The van der Waals surface area contributed by atoms with Gasteiger partial charge in [-0.3, -0.25) is 0 Å². The molecule has 0 radical (unpaired) electrons. The molecule has 1 aromatic heterocycles. The van der Waals surface area contributed by atoms with Crippen molar-refractivity contribution in [3.63, 3.8) is 0 Å². The fourth-order valence-corrected chi connectivity index (χ4v) is 1.58. The van der Waals surface area contributed by atoms with E-state index < -0.39 is 0 Å². The maximum absolute atomic E-state index is 6.00. The minimum atomic E-state index is 0. The smallest absolute Gasteiger partial charge is 0.263 e. The van der Waals surface area contributed by atoms with E-state index in [4.69, 9.17) is 29.0 Å². The average Bonchev–Trinajstić information content (AvgIpc) is 2.66. The number of nitrogens with one attached hydrogen (secondary N) is 1. The number of nitrogens with two attached hydrogens (primary N) is 1. The lowest BCUT2D eigenvalue weighted by Crippen LogP contribution is -2.13. The van der Waals surface area contributed by atoms with E-state index in [0.29, 0.717) is 27.4 Å². The Morgan fingerprint density at radius 1 is 1.30 bits per heavy atom. The predicted octanol–water partition coefficient (Wildman–Crippen LogP) is 2.90. The second kappa shape index (κ2) is 8.16. The van der Waals surface area contributed by atoms with Crippen LogP contribution < -0.4 is 11.3 Å². The Kier molecular flexibility index (Phi) is 7.67. The first-order valence-corrected chi connectivity index (χ1v) is 5.75. The number of benzene rings is 1. The van der Waals surface area contributed by atoms with E-state index >= 15 is 0 Å². The summed E-state index contributed by atoms with van der Waals surface area (Å²) in [6, 6.07) is 5.28. The van der Waals surface area contributed by atoms with Crippen molar-refractivity contribution in [2.45, 2.75) is 6.92 Å². The highest BCUT2D eigenvalue weighted by Crippen LogP contribution is 2.24. The van der Waals surface area contributed by atoms with Gasteiger partial charge in [-0.25, -0.2) is 10.1 Å². The van der Waals surface area contributed by atoms with Gasteiger partial charge in [-0.05, 0) is 13.0 Å². The van der Waals surface area contributed by atoms with Crippen molar-refractivity contribution < 1.29 is 0 Å². The molecule has 0 saturated heterocycles. The molecule has 2 rings (SSSR count). The predicted molar refractivity (Wildman–Crippen MR) is 87.1 cm³/mol. The lowest BCUT2D eigenvalue weighted by molar-refractivity contribution is 0.926. The number of aryl methyl sites for hydroxylation is 1. The van der Waals surface area contributed by atoms with Gasteiger partial charge in [0.1, 0.15) is 0 Å². The van der Waals surface area contributed by atoms with Gasteiger partial charge in [0.15, 0.2) is 5.82 Å². The van der Waals surface area contributed by atoms with E-state index in [0.717, 1.165) is 0 Å². The zero-order valence-corrected chi connectivity index (χ0v) is 13.4. The van der Waals surface area contributed by atoms with Crippen LogP contribution in [-0.4, -0.2) is 21.1 Å². The molecule has 2 aromatic rings. The number of anilines is 1. The van der Waals surface area contributed by atoms with E-state index in [-0.39, 0.29) is 24.8 Å². The Balaban J connectivity index is 0.00000180. The lowest BCUT2D eigenvalue weighted by Gasteiger charge is -2.01. The number of hydrazone groups is 1. The summed E-state index contributed by atoms with van der Waals surface area (Å²) in [4.78, 5) is 0. The molecule has 0 fully saturated rings. The Labute approximate surface area is 138 Å². The molecule has 0 spiro atoms. The van der Waals surface area contributed by atoms with Crippen LogP contribution in [0.15, 0.2) is 23.3 Å². The molecule has 1 heterocycles. The molecular weight excluding hydrogens is 346 g/mol. The first-order chi connectivity index (χ1) is 8.59. The van der Waals surface area contributed by atoms with Gasteiger partial charge in [-0.2, -0.15) is 5.10 Å². The van der Waals surface area contributed by atoms with Crippen LogP contribution >= 0.6 is 48.0 Å². The largest absolute Gasteiger partial charge is 0.335 e. The number of rotatable bonds is 3. The van der Waals surface area contributed by atoms with Crippen LogP contribution in [0.5, 0.6) is 0 Å². The van der Waals surface area contributed by atoms with Crippen LogP contribution in [0.2, 0.25) is 10.0 Å². The molecule has 0 saturated carbocycles. The third-order valence-electron chi connectivity index (χ3n) is 2.22. The highest BCUT2D eigenvalue weighted by molar-refractivity contribution is 6.43. The molecule has 0 bridgehead atoms. The van der Waals surface area contributed by atoms with Gasteiger partial charge in [-0.1, -0.05) is 35.3 Å². The van der Waals surface area contributed by atoms with Crippen molar-refractivity contribution in [3.8, 4) is 0 Å². The quantitative estimate of drug-likeness (QED) is 0.502. The van der Waals surface area contributed by atoms with Crippen molar-refractivity contribution in [2.24, 2.45) is 5.10 Å². The Hall–Kier alpha value is -1.21. The molecule has 0 aliphatic carbocycles. The zero-order chi connectivity index (χ0) is 13.1. The SMILES string of the molecule is Cc1nnc(NN=Cc2cccc(Cl)c2Cl)n1N.Cl.Cl. The van der Waals surface area contributed by atoms with E-state index in [1.165, 1.54) is 10.9 Å². The molecule has 110 valence electrons. The van der Waals surface area contributed by atoms with Gasteiger partial charge in [0.25, 0.3) is 5.95 Å². The van der Waals surface area contributed by atoms with Crippen LogP contribution in [0.4, 0.5) is 5.95 Å². The van der Waals surface area contributed by atoms with Crippen LogP contribution in [-0.2, 0) is 0 Å². The monoisotopic (exact) mass is 356 g/mol. The van der Waals surface area contributed by atoms with Crippen LogP contribution in [0.25, 0.3) is 0 Å². The maximum atomic E-state index is 6.00. The fraction of sp³-hybridized carbons (Fsp3) is 0.100. The van der Waals surface area contributed by atoms with Crippen molar-refractivity contribution in [1.82, 2.24) is 14.9 Å². The number of hydrogen-bond acceptors (Lipinski definition) is 5. The molecule has 10 heteroatoms. The zero-order valence-electron chi connectivity index (χ0n) is 10.2. The van der Waals surface area contributed by atoms with Crippen molar-refractivity contribution in [1.29, 1.82) is 0 Å². The van der Waals surface area contributed by atoms with E-state index in [9.17, 15) is 0 Å². The molecule has 0 unspecified atom stereocenters. The molecule has 0 atom stereocenters. The van der Waals surface area contributed by atoms with Gasteiger partial charge in [-0.15, -0.1) is 35.0 Å². The summed E-state index contributed by atoms with van der Waals surface area (Å²) >= 11 is 11.9. The average molecular weight is 358 g/mol. The summed E-state index contributed by atoms with van der Waals surface area (Å²) in [6.07, 6.45) is 1.53. The first-order valence-electron chi connectivity index (χ1n) is 5.00. The van der Waals surface area contributed by atoms with Crippen LogP contribution in [0.1, 0.15) is 11.4 Å². The molecular formula is C10H12Cl4N6. The summed E-state index contributed by atoms with van der Waals surface area (Å²) in [7, 11) is 0. The lowest BCUT2D eigenvalue weighted by atomic mass is 10.2.